The molecule has 0 aliphatic carbocycles. The van der Waals surface area contributed by atoms with Gasteiger partial charge in [0.05, 0.1) is 13.2 Å². The van der Waals surface area contributed by atoms with Crippen molar-refractivity contribution in [1.29, 1.82) is 0 Å². The summed E-state index contributed by atoms with van der Waals surface area (Å²) in [6.07, 6.45) is 0.925. The Labute approximate surface area is 83.3 Å². The van der Waals surface area contributed by atoms with E-state index in [4.69, 9.17) is 9.47 Å². The highest BCUT2D eigenvalue weighted by Crippen LogP contribution is 2.31. The third kappa shape index (κ3) is 1.74. The van der Waals surface area contributed by atoms with Gasteiger partial charge in [0.2, 0.25) is 0 Å². The smallest absolute Gasteiger partial charge is 0.192 e. The van der Waals surface area contributed by atoms with Crippen molar-refractivity contribution in [3.63, 3.8) is 0 Å². The molecule has 0 spiro atoms. The van der Waals surface area contributed by atoms with Crippen LogP contribution < -0.4 is 0 Å². The van der Waals surface area contributed by atoms with Crippen LogP contribution in [0.3, 0.4) is 0 Å². The van der Waals surface area contributed by atoms with E-state index in [1.165, 1.54) is 0 Å². The molecule has 76 valence electrons. The molecule has 0 saturated carbocycles. The quantitative estimate of drug-likeness (QED) is 0.743. The van der Waals surface area contributed by atoms with Gasteiger partial charge in [0.1, 0.15) is 5.75 Å². The summed E-state index contributed by atoms with van der Waals surface area (Å²) in [5, 5.41) is 9.35. The molecule has 1 fully saturated rings. The maximum Gasteiger partial charge on any atom is 0.192 e. The number of rotatable bonds is 1. The standard InChI is InChI=1S/C11H14O3/c1-11(13-6-3-7-14-11)9-4-2-5-10(12)8-9/h2,4-5,8,12H,3,6-7H2,1H3. The molecule has 0 radical (unpaired) electrons. The van der Waals surface area contributed by atoms with Crippen LogP contribution in [-0.4, -0.2) is 18.3 Å². The van der Waals surface area contributed by atoms with E-state index in [0.29, 0.717) is 13.2 Å². The van der Waals surface area contributed by atoms with Crippen molar-refractivity contribution in [3.8, 4) is 5.75 Å². The number of aromatic hydroxyl groups is 1. The first kappa shape index (κ1) is 9.49. The second-order valence-electron chi connectivity index (χ2n) is 3.55. The van der Waals surface area contributed by atoms with E-state index in [1.807, 2.05) is 13.0 Å². The zero-order valence-corrected chi connectivity index (χ0v) is 8.19. The predicted molar refractivity (Wildman–Crippen MR) is 52.0 cm³/mol. The summed E-state index contributed by atoms with van der Waals surface area (Å²) >= 11 is 0. The highest BCUT2D eigenvalue weighted by Gasteiger charge is 2.31. The zero-order chi connectivity index (χ0) is 10.0. The lowest BCUT2D eigenvalue weighted by Crippen LogP contribution is -2.34. The zero-order valence-electron chi connectivity index (χ0n) is 8.19. The third-order valence-corrected chi connectivity index (χ3v) is 2.41. The molecule has 1 aromatic rings. The maximum atomic E-state index is 9.35. The Balaban J connectivity index is 2.28. The van der Waals surface area contributed by atoms with Crippen LogP contribution in [0, 0.1) is 0 Å². The minimum atomic E-state index is -0.697. The molecule has 0 atom stereocenters. The third-order valence-electron chi connectivity index (χ3n) is 2.41. The summed E-state index contributed by atoms with van der Waals surface area (Å²) in [5.74, 6) is -0.460. The summed E-state index contributed by atoms with van der Waals surface area (Å²) < 4.78 is 11.1. The Kier molecular flexibility index (Phi) is 2.44. The molecule has 0 amide bonds. The highest BCUT2D eigenvalue weighted by molar-refractivity contribution is 5.30. The molecule has 1 N–H and O–H groups in total. The van der Waals surface area contributed by atoms with Gasteiger partial charge >= 0.3 is 0 Å². The lowest BCUT2D eigenvalue weighted by Gasteiger charge is -2.34. The molecule has 1 heterocycles. The second-order valence-corrected chi connectivity index (χ2v) is 3.55. The first-order valence-electron chi connectivity index (χ1n) is 4.78. The highest BCUT2D eigenvalue weighted by atomic mass is 16.7. The molecular weight excluding hydrogens is 180 g/mol. The van der Waals surface area contributed by atoms with Gasteiger partial charge < -0.3 is 14.6 Å². The van der Waals surface area contributed by atoms with Gasteiger partial charge in [-0.1, -0.05) is 12.1 Å². The minimum Gasteiger partial charge on any atom is -0.508 e. The van der Waals surface area contributed by atoms with E-state index in [1.54, 1.807) is 18.2 Å². The minimum absolute atomic E-state index is 0.237. The van der Waals surface area contributed by atoms with Crippen LogP contribution in [0.15, 0.2) is 24.3 Å². The number of phenolic OH excluding ortho intramolecular Hbond substituents is 1. The van der Waals surface area contributed by atoms with Crippen LogP contribution in [0.25, 0.3) is 0 Å². The summed E-state index contributed by atoms with van der Waals surface area (Å²) in [6, 6.07) is 6.99. The normalized spacial score (nSPS) is 20.6. The largest absolute Gasteiger partial charge is 0.508 e. The Morgan fingerprint density at radius 2 is 2.00 bits per heavy atom. The topological polar surface area (TPSA) is 38.7 Å². The predicted octanol–water partition coefficient (Wildman–Crippen LogP) is 2.00. The molecule has 1 aromatic carbocycles. The fourth-order valence-electron chi connectivity index (χ4n) is 1.59. The van der Waals surface area contributed by atoms with E-state index in [-0.39, 0.29) is 5.75 Å². The summed E-state index contributed by atoms with van der Waals surface area (Å²) in [6.45, 7) is 3.28. The van der Waals surface area contributed by atoms with Crippen LogP contribution in [0.1, 0.15) is 18.9 Å². The molecule has 0 unspecified atom stereocenters. The van der Waals surface area contributed by atoms with Gasteiger partial charge in [-0.3, -0.25) is 0 Å². The Hall–Kier alpha value is -1.06. The SMILES string of the molecule is CC1(c2cccc(O)c2)OCCCO1. The number of hydrogen-bond acceptors (Lipinski definition) is 3. The molecule has 14 heavy (non-hydrogen) atoms. The van der Waals surface area contributed by atoms with E-state index in [0.717, 1.165) is 12.0 Å². The maximum absolute atomic E-state index is 9.35. The second kappa shape index (κ2) is 3.59. The lowest BCUT2D eigenvalue weighted by atomic mass is 10.1. The number of hydrogen-bond donors (Lipinski definition) is 1. The van der Waals surface area contributed by atoms with Crippen molar-refractivity contribution < 1.29 is 14.6 Å². The van der Waals surface area contributed by atoms with Crippen molar-refractivity contribution >= 4 is 0 Å². The fraction of sp³-hybridized carbons (Fsp3) is 0.455. The molecule has 1 aliphatic rings. The van der Waals surface area contributed by atoms with Crippen LogP contribution in [0.5, 0.6) is 5.75 Å². The van der Waals surface area contributed by atoms with Gasteiger partial charge in [-0.15, -0.1) is 0 Å². The molecular formula is C11H14O3. The Morgan fingerprint density at radius 3 is 2.64 bits per heavy atom. The Bertz CT molecular complexity index is 316. The first-order valence-corrected chi connectivity index (χ1v) is 4.78. The van der Waals surface area contributed by atoms with Crippen molar-refractivity contribution in [3.05, 3.63) is 29.8 Å². The molecule has 3 heteroatoms. The monoisotopic (exact) mass is 194 g/mol. The van der Waals surface area contributed by atoms with Crippen molar-refractivity contribution in [1.82, 2.24) is 0 Å². The van der Waals surface area contributed by atoms with Gasteiger partial charge in [0, 0.05) is 5.56 Å². The van der Waals surface area contributed by atoms with E-state index in [9.17, 15) is 5.11 Å². The van der Waals surface area contributed by atoms with Crippen LogP contribution in [0.2, 0.25) is 0 Å². The summed E-state index contributed by atoms with van der Waals surface area (Å²) in [7, 11) is 0. The van der Waals surface area contributed by atoms with Crippen LogP contribution >= 0.6 is 0 Å². The van der Waals surface area contributed by atoms with Gasteiger partial charge in [-0.25, -0.2) is 0 Å². The number of benzene rings is 1. The van der Waals surface area contributed by atoms with Gasteiger partial charge in [-0.05, 0) is 25.5 Å². The first-order chi connectivity index (χ1) is 6.71. The van der Waals surface area contributed by atoms with E-state index < -0.39 is 5.79 Å². The average molecular weight is 194 g/mol. The molecule has 0 bridgehead atoms. The van der Waals surface area contributed by atoms with Gasteiger partial charge in [-0.2, -0.15) is 0 Å². The molecule has 1 saturated heterocycles. The number of phenols is 1. The van der Waals surface area contributed by atoms with Crippen LogP contribution in [-0.2, 0) is 15.3 Å². The van der Waals surface area contributed by atoms with Gasteiger partial charge in [0.25, 0.3) is 0 Å². The van der Waals surface area contributed by atoms with Crippen LogP contribution in [0.4, 0.5) is 0 Å². The lowest BCUT2D eigenvalue weighted by molar-refractivity contribution is -0.264. The fourth-order valence-corrected chi connectivity index (χ4v) is 1.59. The van der Waals surface area contributed by atoms with Crippen molar-refractivity contribution in [2.45, 2.75) is 19.1 Å². The van der Waals surface area contributed by atoms with Crippen molar-refractivity contribution in [2.24, 2.45) is 0 Å². The molecule has 3 nitrogen and oxygen atoms in total. The summed E-state index contributed by atoms with van der Waals surface area (Å²) in [5.41, 5.74) is 0.859. The molecule has 1 aliphatic heterocycles. The average Bonchev–Trinajstić information content (AvgIpc) is 2.19. The number of ether oxygens (including phenoxy) is 2. The molecule has 0 aromatic heterocycles. The Morgan fingerprint density at radius 1 is 1.29 bits per heavy atom. The van der Waals surface area contributed by atoms with Gasteiger partial charge in [0.15, 0.2) is 5.79 Å². The summed E-state index contributed by atoms with van der Waals surface area (Å²) in [4.78, 5) is 0. The van der Waals surface area contributed by atoms with E-state index in [2.05, 4.69) is 0 Å². The van der Waals surface area contributed by atoms with E-state index >= 15 is 0 Å². The van der Waals surface area contributed by atoms with Crippen molar-refractivity contribution in [2.75, 3.05) is 13.2 Å². The molecule has 2 rings (SSSR count).